The average molecular weight is 844 g/mol. The summed E-state index contributed by atoms with van der Waals surface area (Å²) < 4.78 is 0. The van der Waals surface area contributed by atoms with Crippen molar-refractivity contribution < 1.29 is 24.0 Å². The summed E-state index contributed by atoms with van der Waals surface area (Å²) >= 11 is 5.94. The zero-order chi connectivity index (χ0) is 43.4. The van der Waals surface area contributed by atoms with Gasteiger partial charge in [0.1, 0.15) is 6.79 Å². The first-order chi connectivity index (χ1) is 29.1. The Labute approximate surface area is 361 Å². The number of nitriles is 1. The van der Waals surface area contributed by atoms with E-state index in [0.717, 1.165) is 56.7 Å². The molecule has 0 aromatic heterocycles. The fourth-order valence-corrected chi connectivity index (χ4v) is 9.46. The van der Waals surface area contributed by atoms with Crippen LogP contribution in [0.15, 0.2) is 48.2 Å². The number of allylic oxidation sites excluding steroid dienone is 2. The minimum atomic E-state index is -0.219. The normalized spacial score (nSPS) is 20.9. The highest BCUT2D eigenvalue weighted by Crippen LogP contribution is 2.42. The van der Waals surface area contributed by atoms with Crippen molar-refractivity contribution in [1.29, 1.82) is 5.26 Å². The van der Waals surface area contributed by atoms with Crippen LogP contribution in [0.3, 0.4) is 0 Å². The number of nitrogens with one attached hydrogen (secondary N) is 1. The van der Waals surface area contributed by atoms with E-state index in [-0.39, 0.29) is 36.2 Å². The van der Waals surface area contributed by atoms with E-state index in [0.29, 0.717) is 80.2 Å². The standard InChI is InChI=1S/C40H50ClN7O4.C3H5N.C2H6.CH2O/c1-28(8-12-41)46-16-11-40(27-46)9-14-44(15-10-40)32-6-4-29(5-7-32)37(50)45-19-17-43(18-20-45)26-36(49)47-24-30-21-34-35(22-31(30)25-47)39(52)48(38(34)51)33-3-2-13-42-23-33;1-2-3-4;2*1-2/h4-8,21-22,33,42H,2-3,9-20,23-27H2,1H3;2H2,1H3;1-2H3;1H2/b28-8+;;;. The summed E-state index contributed by atoms with van der Waals surface area (Å²) in [6.07, 6.45) is 8.09. The Kier molecular flexibility index (Phi) is 16.7. The van der Waals surface area contributed by atoms with Gasteiger partial charge in [-0.05, 0) is 98.5 Å². The van der Waals surface area contributed by atoms with Gasteiger partial charge in [0.2, 0.25) is 5.91 Å². The third kappa shape index (κ3) is 10.4. The molecule has 60 heavy (non-hydrogen) atoms. The number of hydrogen-bond donors (Lipinski definition) is 1. The maximum Gasteiger partial charge on any atom is 0.261 e. The fourth-order valence-electron chi connectivity index (χ4n) is 9.24. The van der Waals surface area contributed by atoms with Crippen molar-refractivity contribution in [3.63, 3.8) is 0 Å². The molecule has 324 valence electrons. The number of anilines is 1. The molecule has 8 rings (SSSR count). The molecule has 6 aliphatic rings. The van der Waals surface area contributed by atoms with Crippen LogP contribution < -0.4 is 10.2 Å². The van der Waals surface area contributed by atoms with Gasteiger partial charge in [0.25, 0.3) is 17.7 Å². The Hall–Kier alpha value is -4.77. The van der Waals surface area contributed by atoms with Crippen LogP contribution >= 0.6 is 11.6 Å². The van der Waals surface area contributed by atoms with Crippen LogP contribution in [0, 0.1) is 16.7 Å². The predicted molar refractivity (Wildman–Crippen MR) is 235 cm³/mol. The molecule has 1 atom stereocenters. The summed E-state index contributed by atoms with van der Waals surface area (Å²) in [5.41, 5.74) is 6.35. The Balaban J connectivity index is 0.000000796. The number of hydrogen-bond acceptors (Lipinski definition) is 10. The summed E-state index contributed by atoms with van der Waals surface area (Å²) in [4.78, 5) is 73.6. The monoisotopic (exact) mass is 842 g/mol. The second-order valence-corrected chi connectivity index (χ2v) is 16.5. The molecule has 1 N–H and O–H groups in total. The van der Waals surface area contributed by atoms with Gasteiger partial charge in [-0.3, -0.25) is 29.0 Å². The molecule has 0 aliphatic carbocycles. The second-order valence-electron chi connectivity index (χ2n) is 16.2. The molecule has 4 amide bonds. The minimum Gasteiger partial charge on any atom is -0.375 e. The van der Waals surface area contributed by atoms with E-state index in [1.807, 2.05) is 67.7 Å². The molecule has 0 bridgehead atoms. The van der Waals surface area contributed by atoms with Crippen LogP contribution in [0.25, 0.3) is 0 Å². The molecule has 1 unspecified atom stereocenters. The number of piperidine rings is 2. The molecule has 14 heteroatoms. The van der Waals surface area contributed by atoms with Crippen molar-refractivity contribution in [3.8, 4) is 6.07 Å². The number of rotatable bonds is 7. The molecular weight excluding hydrogens is 780 g/mol. The van der Waals surface area contributed by atoms with Gasteiger partial charge >= 0.3 is 0 Å². The smallest absolute Gasteiger partial charge is 0.261 e. The lowest BCUT2D eigenvalue weighted by molar-refractivity contribution is -0.133. The summed E-state index contributed by atoms with van der Waals surface area (Å²) in [6.45, 7) is 19.4. The van der Waals surface area contributed by atoms with Crippen LogP contribution in [0.5, 0.6) is 0 Å². The summed E-state index contributed by atoms with van der Waals surface area (Å²) in [5.74, 6) is 0.176. The molecule has 6 heterocycles. The zero-order valence-corrected chi connectivity index (χ0v) is 36.8. The maximum absolute atomic E-state index is 13.4. The molecule has 2 aromatic rings. The molecule has 2 aromatic carbocycles. The van der Waals surface area contributed by atoms with Crippen molar-refractivity contribution in [2.75, 3.05) is 82.8 Å². The molecule has 1 spiro atoms. The third-order valence-electron chi connectivity index (χ3n) is 12.7. The van der Waals surface area contributed by atoms with Crippen molar-refractivity contribution in [2.45, 2.75) is 85.4 Å². The lowest BCUT2D eigenvalue weighted by atomic mass is 9.77. The van der Waals surface area contributed by atoms with Gasteiger partial charge in [0, 0.05) is 101 Å². The zero-order valence-electron chi connectivity index (χ0n) is 36.0. The number of halogens is 1. The molecule has 0 radical (unpaired) electrons. The highest BCUT2D eigenvalue weighted by atomic mass is 35.5. The van der Waals surface area contributed by atoms with Crippen LogP contribution in [-0.4, -0.2) is 139 Å². The molecule has 4 saturated heterocycles. The first-order valence-corrected chi connectivity index (χ1v) is 22.2. The van der Waals surface area contributed by atoms with Gasteiger partial charge in [-0.1, -0.05) is 26.8 Å². The Morgan fingerprint density at radius 2 is 1.48 bits per heavy atom. The van der Waals surface area contributed by atoms with E-state index in [4.69, 9.17) is 21.7 Å². The topological polar surface area (TPSA) is 141 Å². The molecule has 6 aliphatic heterocycles. The Morgan fingerprint density at radius 3 is 2.02 bits per heavy atom. The van der Waals surface area contributed by atoms with E-state index in [2.05, 4.69) is 45.1 Å². The Morgan fingerprint density at radius 1 is 0.900 bits per heavy atom. The number of imide groups is 1. The number of piperazine rings is 1. The van der Waals surface area contributed by atoms with Crippen molar-refractivity contribution in [2.24, 2.45) is 5.41 Å². The number of alkyl halides is 1. The summed E-state index contributed by atoms with van der Waals surface area (Å²) in [7, 11) is 0. The van der Waals surface area contributed by atoms with Crippen molar-refractivity contribution in [1.82, 2.24) is 29.8 Å². The summed E-state index contributed by atoms with van der Waals surface area (Å²) in [5, 5.41) is 10.9. The number of benzene rings is 2. The van der Waals surface area contributed by atoms with E-state index in [1.165, 1.54) is 35.5 Å². The van der Waals surface area contributed by atoms with Crippen molar-refractivity contribution >= 4 is 47.7 Å². The highest BCUT2D eigenvalue weighted by molar-refractivity contribution is 6.22. The lowest BCUT2D eigenvalue weighted by Crippen LogP contribution is -2.51. The second kappa shape index (κ2) is 21.7. The first-order valence-electron chi connectivity index (χ1n) is 21.7. The number of nitrogens with zero attached hydrogens (tertiary/aromatic N) is 7. The molecule has 0 saturated carbocycles. The number of likely N-dealkylation sites (tertiary alicyclic amines) is 1. The molecular formula is C46H63ClN8O5. The van der Waals surface area contributed by atoms with Crippen LogP contribution in [-0.2, 0) is 22.7 Å². The SMILES string of the molecule is C/C(=C\CCl)N1CCC2(CCN(c3ccc(C(=O)N4CCN(CC(=O)N5Cc6cc7c(cc6C5)C(=O)N(C5CCCNC5)C7=O)CC4)cc3)CC2)C1.C=O.CC.CCC#N. The minimum absolute atomic E-state index is 0.0199. The molecule has 13 nitrogen and oxygen atoms in total. The number of fused-ring (bicyclic) bond motifs is 2. The lowest BCUT2D eigenvalue weighted by Gasteiger charge is -2.40. The van der Waals surface area contributed by atoms with Crippen LogP contribution in [0.2, 0.25) is 0 Å². The van der Waals surface area contributed by atoms with Crippen molar-refractivity contribution in [3.05, 3.63) is 76.0 Å². The maximum atomic E-state index is 13.4. The quantitative estimate of drug-likeness (QED) is 0.280. The van der Waals surface area contributed by atoms with Gasteiger partial charge in [0.05, 0.1) is 29.8 Å². The van der Waals surface area contributed by atoms with E-state index < -0.39 is 0 Å². The third-order valence-corrected chi connectivity index (χ3v) is 12.9. The van der Waals surface area contributed by atoms with E-state index >= 15 is 0 Å². The average Bonchev–Trinajstić information content (AvgIpc) is 3.99. The van der Waals surface area contributed by atoms with Gasteiger partial charge in [-0.15, -0.1) is 11.6 Å². The van der Waals surface area contributed by atoms with Gasteiger partial charge in [-0.2, -0.15) is 5.26 Å². The largest absolute Gasteiger partial charge is 0.375 e. The van der Waals surface area contributed by atoms with Gasteiger partial charge < -0.3 is 29.7 Å². The Bertz CT molecular complexity index is 1850. The number of carbonyl (C=O) groups is 5. The van der Waals surface area contributed by atoms with E-state index in [9.17, 15) is 19.2 Å². The predicted octanol–water partition coefficient (Wildman–Crippen LogP) is 5.53. The van der Waals surface area contributed by atoms with Gasteiger partial charge in [-0.25, -0.2) is 0 Å². The van der Waals surface area contributed by atoms with Crippen LogP contribution in [0.4, 0.5) is 5.69 Å². The van der Waals surface area contributed by atoms with E-state index in [1.54, 1.807) is 0 Å². The van der Waals surface area contributed by atoms with Crippen LogP contribution in [0.1, 0.15) is 108 Å². The first kappa shape index (κ1) is 46.3. The number of carbonyl (C=O) groups excluding carboxylic acids is 5. The highest BCUT2D eigenvalue weighted by Gasteiger charge is 2.43. The number of amides is 4. The summed E-state index contributed by atoms with van der Waals surface area (Å²) in [6, 6.07) is 13.6. The van der Waals surface area contributed by atoms with Gasteiger partial charge in [0.15, 0.2) is 0 Å². The fraction of sp³-hybridized carbons (Fsp3) is 0.565. The molecule has 4 fully saturated rings.